The molecule has 0 fully saturated rings. The molecule has 100 valence electrons. The summed E-state index contributed by atoms with van der Waals surface area (Å²) in [5, 5.41) is 3.37. The highest BCUT2D eigenvalue weighted by molar-refractivity contribution is 6.70. The first kappa shape index (κ1) is 15.0. The molecule has 0 aromatic heterocycles. The van der Waals surface area contributed by atoms with Gasteiger partial charge in [0.2, 0.25) is 8.32 Å². The van der Waals surface area contributed by atoms with Crippen LogP contribution in [-0.2, 0) is 8.85 Å². The van der Waals surface area contributed by atoms with Gasteiger partial charge in [-0.3, -0.25) is 0 Å². The van der Waals surface area contributed by atoms with Crippen LogP contribution in [0.25, 0.3) is 0 Å². The van der Waals surface area contributed by atoms with E-state index < -0.39 is 16.6 Å². The maximum atomic E-state index is 6.24. The van der Waals surface area contributed by atoms with Crippen LogP contribution in [0.3, 0.4) is 0 Å². The van der Waals surface area contributed by atoms with Gasteiger partial charge in [0.15, 0.2) is 8.32 Å². The lowest BCUT2D eigenvalue weighted by Crippen LogP contribution is -2.37. The average Bonchev–Trinajstić information content (AvgIpc) is 2.27. The van der Waals surface area contributed by atoms with Crippen molar-refractivity contribution in [2.75, 3.05) is 13.1 Å². The molecule has 0 aromatic carbocycles. The summed E-state index contributed by atoms with van der Waals surface area (Å²) in [6, 6.07) is 0. The van der Waals surface area contributed by atoms with Crippen molar-refractivity contribution in [3.8, 4) is 0 Å². The van der Waals surface area contributed by atoms with Gasteiger partial charge < -0.3 is 14.2 Å². The first-order chi connectivity index (χ1) is 7.67. The molecular formula is C12H27NO2Si2. The lowest BCUT2D eigenvalue weighted by Gasteiger charge is -2.31. The van der Waals surface area contributed by atoms with E-state index in [-0.39, 0.29) is 6.10 Å². The van der Waals surface area contributed by atoms with Gasteiger partial charge in [0, 0.05) is 6.54 Å². The van der Waals surface area contributed by atoms with Crippen molar-refractivity contribution in [1.29, 1.82) is 0 Å². The fourth-order valence-electron chi connectivity index (χ4n) is 1.79. The molecule has 1 atom stereocenters. The molecule has 17 heavy (non-hydrogen) atoms. The van der Waals surface area contributed by atoms with Crippen LogP contribution in [0.15, 0.2) is 11.8 Å². The van der Waals surface area contributed by atoms with Crippen molar-refractivity contribution in [3.63, 3.8) is 0 Å². The molecule has 0 saturated carbocycles. The SMILES string of the molecule is C[Si](C)(C)OC1=CCNCCC1O[Si](C)(C)C. The molecule has 0 bridgehead atoms. The summed E-state index contributed by atoms with van der Waals surface area (Å²) in [4.78, 5) is 0. The molecule has 1 rings (SSSR count). The van der Waals surface area contributed by atoms with Gasteiger partial charge in [-0.05, 0) is 58.3 Å². The molecule has 5 heteroatoms. The second-order valence-corrected chi connectivity index (χ2v) is 15.4. The minimum atomic E-state index is -1.54. The highest BCUT2D eigenvalue weighted by Crippen LogP contribution is 2.22. The summed E-state index contributed by atoms with van der Waals surface area (Å²) in [5.74, 6) is 1.07. The normalized spacial score (nSPS) is 22.9. The maximum Gasteiger partial charge on any atom is 0.241 e. The van der Waals surface area contributed by atoms with Crippen LogP contribution in [0, 0.1) is 0 Å². The molecule has 3 nitrogen and oxygen atoms in total. The molecule has 0 saturated heterocycles. The first-order valence-corrected chi connectivity index (χ1v) is 13.3. The average molecular weight is 274 g/mol. The van der Waals surface area contributed by atoms with Crippen LogP contribution in [-0.4, -0.2) is 35.8 Å². The van der Waals surface area contributed by atoms with Gasteiger partial charge in [0.1, 0.15) is 11.9 Å². The van der Waals surface area contributed by atoms with Crippen molar-refractivity contribution in [2.24, 2.45) is 0 Å². The van der Waals surface area contributed by atoms with Gasteiger partial charge in [-0.2, -0.15) is 0 Å². The van der Waals surface area contributed by atoms with Gasteiger partial charge >= 0.3 is 0 Å². The van der Waals surface area contributed by atoms with E-state index in [1.807, 2.05) is 0 Å². The van der Waals surface area contributed by atoms with Gasteiger partial charge in [-0.15, -0.1) is 0 Å². The van der Waals surface area contributed by atoms with Crippen LogP contribution in [0.4, 0.5) is 0 Å². The number of hydrogen-bond acceptors (Lipinski definition) is 3. The summed E-state index contributed by atoms with van der Waals surface area (Å²) in [7, 11) is -3.06. The molecule has 1 aliphatic rings. The number of hydrogen-bond donors (Lipinski definition) is 1. The highest BCUT2D eigenvalue weighted by atomic mass is 28.4. The van der Waals surface area contributed by atoms with E-state index in [1.165, 1.54) is 0 Å². The van der Waals surface area contributed by atoms with Crippen molar-refractivity contribution in [1.82, 2.24) is 5.32 Å². The third-order valence-electron chi connectivity index (χ3n) is 2.27. The van der Waals surface area contributed by atoms with E-state index in [0.717, 1.165) is 25.3 Å². The van der Waals surface area contributed by atoms with Gasteiger partial charge in [-0.1, -0.05) is 0 Å². The summed E-state index contributed by atoms with van der Waals surface area (Å²) in [5.41, 5.74) is 0. The predicted octanol–water partition coefficient (Wildman–Crippen LogP) is 2.94. The zero-order valence-corrected chi connectivity index (χ0v) is 14.1. The predicted molar refractivity (Wildman–Crippen MR) is 78.2 cm³/mol. The molecule has 0 spiro atoms. The van der Waals surface area contributed by atoms with Crippen molar-refractivity contribution < 1.29 is 8.85 Å². The summed E-state index contributed by atoms with van der Waals surface area (Å²) >= 11 is 0. The Hall–Kier alpha value is -0.106. The topological polar surface area (TPSA) is 30.5 Å². The second kappa shape index (κ2) is 5.69. The van der Waals surface area contributed by atoms with Crippen LogP contribution in [0.5, 0.6) is 0 Å². The number of nitrogens with one attached hydrogen (secondary N) is 1. The standard InChI is InChI=1S/C12H27NO2Si2/c1-16(2,3)14-11-7-9-13-10-8-12(11)15-17(4,5)6/h7,12-13H,8-10H2,1-6H3. The van der Waals surface area contributed by atoms with E-state index in [0.29, 0.717) is 0 Å². The minimum Gasteiger partial charge on any atom is -0.546 e. The Morgan fingerprint density at radius 2 is 1.76 bits per heavy atom. The van der Waals surface area contributed by atoms with E-state index in [2.05, 4.69) is 50.7 Å². The number of rotatable bonds is 4. The van der Waals surface area contributed by atoms with Gasteiger partial charge in [0.05, 0.1) is 0 Å². The summed E-state index contributed by atoms with van der Waals surface area (Å²) in [6.45, 7) is 15.3. The van der Waals surface area contributed by atoms with E-state index in [1.54, 1.807) is 0 Å². The van der Waals surface area contributed by atoms with Gasteiger partial charge in [0.25, 0.3) is 0 Å². The van der Waals surface area contributed by atoms with Crippen molar-refractivity contribution in [3.05, 3.63) is 11.8 Å². The molecule has 1 aliphatic heterocycles. The molecule has 1 N–H and O–H groups in total. The Labute approximate surface area is 108 Å². The van der Waals surface area contributed by atoms with Crippen LogP contribution in [0.2, 0.25) is 39.3 Å². The molecule has 0 aromatic rings. The largest absolute Gasteiger partial charge is 0.546 e. The monoisotopic (exact) mass is 273 g/mol. The zero-order chi connectivity index (χ0) is 13.1. The Kier molecular flexibility index (Phi) is 5.00. The Bertz CT molecular complexity index is 279. The molecule has 0 radical (unpaired) electrons. The summed E-state index contributed by atoms with van der Waals surface area (Å²) < 4.78 is 12.4. The van der Waals surface area contributed by atoms with Crippen LogP contribution < -0.4 is 5.32 Å². The second-order valence-electron chi connectivity index (χ2n) is 6.53. The third-order valence-corrected chi connectivity index (χ3v) is 4.11. The zero-order valence-electron chi connectivity index (χ0n) is 12.1. The fourth-order valence-corrected chi connectivity index (χ4v) is 3.80. The third kappa shape index (κ3) is 6.40. The Morgan fingerprint density at radius 1 is 1.12 bits per heavy atom. The molecular weight excluding hydrogens is 246 g/mol. The van der Waals surface area contributed by atoms with Crippen molar-refractivity contribution in [2.45, 2.75) is 51.8 Å². The van der Waals surface area contributed by atoms with Crippen LogP contribution in [0.1, 0.15) is 6.42 Å². The molecule has 1 unspecified atom stereocenters. The van der Waals surface area contributed by atoms with Crippen LogP contribution >= 0.6 is 0 Å². The lowest BCUT2D eigenvalue weighted by atomic mass is 10.2. The Balaban J connectivity index is 2.75. The smallest absolute Gasteiger partial charge is 0.241 e. The van der Waals surface area contributed by atoms with E-state index >= 15 is 0 Å². The minimum absolute atomic E-state index is 0.156. The lowest BCUT2D eigenvalue weighted by molar-refractivity contribution is 0.169. The molecule has 0 aliphatic carbocycles. The fraction of sp³-hybridized carbons (Fsp3) is 0.833. The van der Waals surface area contributed by atoms with E-state index in [4.69, 9.17) is 8.85 Å². The van der Waals surface area contributed by atoms with Gasteiger partial charge in [-0.25, -0.2) is 0 Å². The summed E-state index contributed by atoms with van der Waals surface area (Å²) in [6.07, 6.45) is 3.33. The quantitative estimate of drug-likeness (QED) is 0.799. The first-order valence-electron chi connectivity index (χ1n) is 6.45. The highest BCUT2D eigenvalue weighted by Gasteiger charge is 2.28. The van der Waals surface area contributed by atoms with Crippen molar-refractivity contribution >= 4 is 16.6 Å². The Morgan fingerprint density at radius 3 is 2.29 bits per heavy atom. The maximum absolute atomic E-state index is 6.24. The molecule has 0 amide bonds. The van der Waals surface area contributed by atoms with E-state index in [9.17, 15) is 0 Å². The molecule has 1 heterocycles.